The molecule has 0 spiro atoms. The molecule has 1 heterocycles. The van der Waals surface area contributed by atoms with Crippen LogP contribution in [0.1, 0.15) is 45.6 Å². The first-order valence-electron chi connectivity index (χ1n) is 6.53. The summed E-state index contributed by atoms with van der Waals surface area (Å²) < 4.78 is 0. The Morgan fingerprint density at radius 3 is 2.71 bits per heavy atom. The van der Waals surface area contributed by atoms with Gasteiger partial charge in [0.05, 0.1) is 5.03 Å². The Morgan fingerprint density at radius 2 is 2.12 bits per heavy atom. The van der Waals surface area contributed by atoms with Crippen LogP contribution in [0.2, 0.25) is 0 Å². The van der Waals surface area contributed by atoms with Crippen molar-refractivity contribution in [2.45, 2.75) is 57.6 Å². The van der Waals surface area contributed by atoms with Crippen LogP contribution in [0.25, 0.3) is 0 Å². The molecule has 0 saturated carbocycles. The maximum Gasteiger partial charge on any atom is 0.0960 e. The highest BCUT2D eigenvalue weighted by Crippen LogP contribution is 2.17. The Bertz CT molecular complexity index is 296. The third-order valence-electron chi connectivity index (χ3n) is 2.51. The van der Waals surface area contributed by atoms with Gasteiger partial charge in [-0.25, -0.2) is 4.98 Å². The van der Waals surface area contributed by atoms with Gasteiger partial charge in [-0.15, -0.1) is 11.8 Å². The van der Waals surface area contributed by atoms with Crippen LogP contribution in [0, 0.1) is 0 Å². The highest BCUT2D eigenvalue weighted by atomic mass is 32.2. The average molecular weight is 252 g/mol. The van der Waals surface area contributed by atoms with Crippen molar-refractivity contribution in [1.29, 1.82) is 0 Å². The van der Waals surface area contributed by atoms with Gasteiger partial charge in [0, 0.05) is 18.8 Å². The number of aromatic nitrogens is 1. The van der Waals surface area contributed by atoms with Gasteiger partial charge in [0.1, 0.15) is 0 Å². The molecule has 0 aliphatic rings. The van der Waals surface area contributed by atoms with E-state index in [2.05, 4.69) is 43.2 Å². The molecule has 0 amide bonds. The molecular formula is C14H24N2S. The monoisotopic (exact) mass is 252 g/mol. The standard InChI is InChI=1S/C14H24N2S/c1-4-5-6-9-17-14-8-7-13(11-16-14)10-15-12(2)3/h7-8,11-12,15H,4-6,9-10H2,1-3H3. The Hall–Kier alpha value is -0.540. The molecule has 2 nitrogen and oxygen atoms in total. The van der Waals surface area contributed by atoms with Crippen LogP contribution in [0.15, 0.2) is 23.4 Å². The first-order valence-corrected chi connectivity index (χ1v) is 7.52. The number of hydrogen-bond acceptors (Lipinski definition) is 3. The van der Waals surface area contributed by atoms with Crippen molar-refractivity contribution >= 4 is 11.8 Å². The van der Waals surface area contributed by atoms with E-state index in [1.807, 2.05) is 18.0 Å². The van der Waals surface area contributed by atoms with Gasteiger partial charge in [-0.05, 0) is 23.8 Å². The molecule has 0 fully saturated rings. The summed E-state index contributed by atoms with van der Waals surface area (Å²) in [7, 11) is 0. The lowest BCUT2D eigenvalue weighted by molar-refractivity contribution is 0.587. The minimum absolute atomic E-state index is 0.526. The van der Waals surface area contributed by atoms with Gasteiger partial charge in [0.15, 0.2) is 0 Å². The van der Waals surface area contributed by atoms with Crippen molar-refractivity contribution in [2.75, 3.05) is 5.75 Å². The van der Waals surface area contributed by atoms with E-state index in [-0.39, 0.29) is 0 Å². The van der Waals surface area contributed by atoms with Crippen LogP contribution in [-0.2, 0) is 6.54 Å². The second kappa shape index (κ2) is 8.54. The lowest BCUT2D eigenvalue weighted by Crippen LogP contribution is -2.21. The Morgan fingerprint density at radius 1 is 1.29 bits per heavy atom. The number of nitrogens with one attached hydrogen (secondary N) is 1. The van der Waals surface area contributed by atoms with Gasteiger partial charge in [-0.2, -0.15) is 0 Å². The molecule has 0 atom stereocenters. The fourth-order valence-electron chi connectivity index (χ4n) is 1.45. The summed E-state index contributed by atoms with van der Waals surface area (Å²) in [4.78, 5) is 4.48. The number of nitrogens with zero attached hydrogens (tertiary/aromatic N) is 1. The van der Waals surface area contributed by atoms with Gasteiger partial charge >= 0.3 is 0 Å². The molecule has 1 rings (SSSR count). The van der Waals surface area contributed by atoms with E-state index < -0.39 is 0 Å². The molecule has 1 N–H and O–H groups in total. The normalized spacial score (nSPS) is 11.1. The molecule has 1 aromatic rings. The zero-order valence-corrected chi connectivity index (χ0v) is 12.0. The highest BCUT2D eigenvalue weighted by Gasteiger charge is 1.98. The number of hydrogen-bond donors (Lipinski definition) is 1. The molecule has 0 saturated heterocycles. The second-order valence-electron chi connectivity index (χ2n) is 4.60. The third kappa shape index (κ3) is 6.69. The largest absolute Gasteiger partial charge is 0.310 e. The summed E-state index contributed by atoms with van der Waals surface area (Å²) in [6.45, 7) is 7.46. The van der Waals surface area contributed by atoms with Gasteiger partial charge in [0.2, 0.25) is 0 Å². The highest BCUT2D eigenvalue weighted by molar-refractivity contribution is 7.99. The SMILES string of the molecule is CCCCCSc1ccc(CNC(C)C)cn1. The molecule has 0 aromatic carbocycles. The molecule has 0 radical (unpaired) electrons. The van der Waals surface area contributed by atoms with Crippen molar-refractivity contribution in [1.82, 2.24) is 10.3 Å². The van der Waals surface area contributed by atoms with Gasteiger partial charge in [-0.3, -0.25) is 0 Å². The second-order valence-corrected chi connectivity index (χ2v) is 5.71. The zero-order chi connectivity index (χ0) is 12.5. The van der Waals surface area contributed by atoms with E-state index >= 15 is 0 Å². The Kier molecular flexibility index (Phi) is 7.29. The number of rotatable bonds is 8. The maximum atomic E-state index is 4.48. The fraction of sp³-hybridized carbons (Fsp3) is 0.643. The topological polar surface area (TPSA) is 24.9 Å². The molecule has 96 valence electrons. The van der Waals surface area contributed by atoms with Crippen molar-refractivity contribution in [3.63, 3.8) is 0 Å². The van der Waals surface area contributed by atoms with E-state index in [4.69, 9.17) is 0 Å². The summed E-state index contributed by atoms with van der Waals surface area (Å²) in [6.07, 6.45) is 5.88. The van der Waals surface area contributed by atoms with Gasteiger partial charge in [0.25, 0.3) is 0 Å². The number of thioether (sulfide) groups is 1. The van der Waals surface area contributed by atoms with Crippen LogP contribution in [-0.4, -0.2) is 16.8 Å². The van der Waals surface area contributed by atoms with Crippen LogP contribution < -0.4 is 5.32 Å². The Balaban J connectivity index is 2.29. The predicted molar refractivity (Wildman–Crippen MR) is 76.5 cm³/mol. The first kappa shape index (κ1) is 14.5. The van der Waals surface area contributed by atoms with E-state index in [0.29, 0.717) is 6.04 Å². The van der Waals surface area contributed by atoms with Gasteiger partial charge < -0.3 is 5.32 Å². The summed E-state index contributed by atoms with van der Waals surface area (Å²) in [5, 5.41) is 4.54. The Labute approximate surface area is 110 Å². The van der Waals surface area contributed by atoms with E-state index in [0.717, 1.165) is 11.6 Å². The van der Waals surface area contributed by atoms with Crippen LogP contribution >= 0.6 is 11.8 Å². The van der Waals surface area contributed by atoms with E-state index in [1.165, 1.54) is 30.6 Å². The smallest absolute Gasteiger partial charge is 0.0960 e. The third-order valence-corrected chi connectivity index (χ3v) is 3.54. The summed E-state index contributed by atoms with van der Waals surface area (Å²) in [5.74, 6) is 1.18. The van der Waals surface area contributed by atoms with E-state index in [1.54, 1.807) is 0 Å². The average Bonchev–Trinajstić information content (AvgIpc) is 2.33. The molecule has 0 aliphatic heterocycles. The molecule has 3 heteroatoms. The maximum absolute atomic E-state index is 4.48. The predicted octanol–water partition coefficient (Wildman–Crippen LogP) is 3.86. The molecule has 0 unspecified atom stereocenters. The molecule has 1 aromatic heterocycles. The van der Waals surface area contributed by atoms with Crippen molar-refractivity contribution in [2.24, 2.45) is 0 Å². The fourth-order valence-corrected chi connectivity index (χ4v) is 2.30. The minimum atomic E-state index is 0.526. The minimum Gasteiger partial charge on any atom is -0.310 e. The van der Waals surface area contributed by atoms with Crippen molar-refractivity contribution < 1.29 is 0 Å². The van der Waals surface area contributed by atoms with Crippen LogP contribution in [0.5, 0.6) is 0 Å². The molecule has 17 heavy (non-hydrogen) atoms. The number of pyridine rings is 1. The quantitative estimate of drug-likeness (QED) is 0.562. The first-order chi connectivity index (χ1) is 8.22. The summed E-state index contributed by atoms with van der Waals surface area (Å²) in [5.41, 5.74) is 1.26. The van der Waals surface area contributed by atoms with Crippen LogP contribution in [0.3, 0.4) is 0 Å². The van der Waals surface area contributed by atoms with Crippen molar-refractivity contribution in [3.05, 3.63) is 23.9 Å². The summed E-state index contributed by atoms with van der Waals surface area (Å²) in [6, 6.07) is 4.83. The molecule has 0 bridgehead atoms. The zero-order valence-electron chi connectivity index (χ0n) is 11.2. The van der Waals surface area contributed by atoms with Crippen molar-refractivity contribution in [3.8, 4) is 0 Å². The lowest BCUT2D eigenvalue weighted by Gasteiger charge is -2.08. The number of unbranched alkanes of at least 4 members (excludes halogenated alkanes) is 2. The summed E-state index contributed by atoms with van der Waals surface area (Å²) >= 11 is 1.86. The van der Waals surface area contributed by atoms with E-state index in [9.17, 15) is 0 Å². The molecule has 0 aliphatic carbocycles. The molecular weight excluding hydrogens is 228 g/mol. The van der Waals surface area contributed by atoms with Gasteiger partial charge in [-0.1, -0.05) is 39.7 Å². The van der Waals surface area contributed by atoms with Crippen LogP contribution in [0.4, 0.5) is 0 Å². The lowest BCUT2D eigenvalue weighted by atomic mass is 10.2.